The highest BCUT2D eigenvalue weighted by atomic mass is 19.3. The number of hydrogen-bond donors (Lipinski definition) is 0. The highest BCUT2D eigenvalue weighted by Crippen LogP contribution is 2.29. The normalized spacial score (nSPS) is 16.4. The quantitative estimate of drug-likeness (QED) is 0.505. The van der Waals surface area contributed by atoms with Gasteiger partial charge in [-0.2, -0.15) is 8.78 Å². The van der Waals surface area contributed by atoms with Gasteiger partial charge in [0, 0.05) is 18.7 Å². The van der Waals surface area contributed by atoms with Crippen LogP contribution in [-0.4, -0.2) is 49.9 Å². The van der Waals surface area contributed by atoms with Gasteiger partial charge >= 0.3 is 6.61 Å². The van der Waals surface area contributed by atoms with E-state index in [-0.39, 0.29) is 23.4 Å². The van der Waals surface area contributed by atoms with E-state index in [2.05, 4.69) is 9.89 Å². The minimum atomic E-state index is -2.94. The summed E-state index contributed by atoms with van der Waals surface area (Å²) >= 11 is 0. The van der Waals surface area contributed by atoms with Gasteiger partial charge in [-0.25, -0.2) is 0 Å². The van der Waals surface area contributed by atoms with E-state index in [0.717, 1.165) is 25.7 Å². The molecule has 1 aliphatic carbocycles. The maximum atomic E-state index is 12.5. The van der Waals surface area contributed by atoms with Crippen LogP contribution in [0.5, 0.6) is 11.5 Å². The zero-order valence-electron chi connectivity index (χ0n) is 15.9. The van der Waals surface area contributed by atoms with Crippen LogP contribution in [0, 0.1) is 0 Å². The monoisotopic (exact) mass is 384 g/mol. The van der Waals surface area contributed by atoms with E-state index in [1.807, 2.05) is 0 Å². The van der Waals surface area contributed by atoms with Gasteiger partial charge in [0.05, 0.1) is 13.3 Å². The molecule has 2 rings (SSSR count). The van der Waals surface area contributed by atoms with Crippen molar-refractivity contribution in [2.75, 3.05) is 14.2 Å². The molecule has 1 aliphatic rings. The summed E-state index contributed by atoms with van der Waals surface area (Å²) in [7, 11) is 3.15. The summed E-state index contributed by atoms with van der Waals surface area (Å²) in [6, 6.07) is 4.64. The lowest BCUT2D eigenvalue weighted by Crippen LogP contribution is -2.43. The molecule has 0 heterocycles. The van der Waals surface area contributed by atoms with Crippen LogP contribution >= 0.6 is 0 Å². The summed E-state index contributed by atoms with van der Waals surface area (Å²) in [5.74, 6) is -0.0269. The van der Waals surface area contributed by atoms with E-state index in [0.29, 0.717) is 5.56 Å². The van der Waals surface area contributed by atoms with E-state index >= 15 is 0 Å². The van der Waals surface area contributed by atoms with Gasteiger partial charge in [-0.15, -0.1) is 0 Å². The van der Waals surface area contributed by atoms with Crippen LogP contribution in [-0.2, 0) is 9.63 Å². The number of ether oxygens (including phenoxy) is 2. The Balaban J connectivity index is 1.92. The van der Waals surface area contributed by atoms with Gasteiger partial charge in [0.15, 0.2) is 11.5 Å². The van der Waals surface area contributed by atoms with Crippen LogP contribution in [0.4, 0.5) is 8.78 Å². The van der Waals surface area contributed by atoms with E-state index < -0.39 is 12.7 Å². The lowest BCUT2D eigenvalue weighted by molar-refractivity contribution is -0.144. The SMILES string of the molecule is COc1cc(/C=N/OC(C)C(=O)N(C)C2CCCCC2)ccc1OC(F)F. The first kappa shape index (κ1) is 20.9. The molecule has 8 heteroatoms. The molecular weight excluding hydrogens is 358 g/mol. The summed E-state index contributed by atoms with van der Waals surface area (Å²) in [5.41, 5.74) is 0.564. The van der Waals surface area contributed by atoms with Gasteiger partial charge in [-0.1, -0.05) is 24.4 Å². The minimum Gasteiger partial charge on any atom is -0.493 e. The second-order valence-electron chi connectivity index (χ2n) is 6.51. The van der Waals surface area contributed by atoms with Crippen molar-refractivity contribution < 1.29 is 27.9 Å². The van der Waals surface area contributed by atoms with Crippen molar-refractivity contribution in [1.82, 2.24) is 4.90 Å². The van der Waals surface area contributed by atoms with Crippen LogP contribution in [0.3, 0.4) is 0 Å². The molecule has 1 atom stereocenters. The van der Waals surface area contributed by atoms with Crippen molar-refractivity contribution in [2.24, 2.45) is 5.16 Å². The third kappa shape index (κ3) is 6.08. The molecule has 1 aromatic rings. The number of benzene rings is 1. The lowest BCUT2D eigenvalue weighted by atomic mass is 9.94. The zero-order valence-corrected chi connectivity index (χ0v) is 15.9. The largest absolute Gasteiger partial charge is 0.493 e. The topological polar surface area (TPSA) is 60.4 Å². The molecule has 1 fully saturated rings. The number of amides is 1. The molecular formula is C19H26F2N2O4. The van der Waals surface area contributed by atoms with E-state index in [4.69, 9.17) is 9.57 Å². The second kappa shape index (κ2) is 10.1. The molecule has 6 nitrogen and oxygen atoms in total. The molecule has 0 spiro atoms. The van der Waals surface area contributed by atoms with Crippen LogP contribution in [0.25, 0.3) is 0 Å². The molecule has 0 radical (unpaired) electrons. The molecule has 0 aromatic heterocycles. The maximum absolute atomic E-state index is 12.5. The highest BCUT2D eigenvalue weighted by molar-refractivity contribution is 5.82. The number of likely N-dealkylation sites (N-methyl/N-ethyl adjacent to an activating group) is 1. The predicted molar refractivity (Wildman–Crippen MR) is 97.4 cm³/mol. The molecule has 150 valence electrons. The summed E-state index contributed by atoms with van der Waals surface area (Å²) in [6.07, 6.45) is 6.22. The van der Waals surface area contributed by atoms with Crippen LogP contribution in [0.2, 0.25) is 0 Å². The lowest BCUT2D eigenvalue weighted by Gasteiger charge is -2.32. The van der Waals surface area contributed by atoms with Crippen molar-refractivity contribution in [1.29, 1.82) is 0 Å². The number of nitrogens with zero attached hydrogens (tertiary/aromatic N) is 2. The van der Waals surface area contributed by atoms with E-state index in [1.54, 1.807) is 18.9 Å². The predicted octanol–water partition coefficient (Wildman–Crippen LogP) is 3.83. The number of hydrogen-bond acceptors (Lipinski definition) is 5. The third-order valence-corrected chi connectivity index (χ3v) is 4.64. The zero-order chi connectivity index (χ0) is 19.8. The summed E-state index contributed by atoms with van der Waals surface area (Å²) in [4.78, 5) is 19.5. The fraction of sp³-hybridized carbons (Fsp3) is 0.579. The molecule has 0 saturated heterocycles. The Morgan fingerprint density at radius 1 is 1.26 bits per heavy atom. The average Bonchev–Trinajstić information content (AvgIpc) is 2.68. The van der Waals surface area contributed by atoms with Gasteiger partial charge < -0.3 is 19.2 Å². The minimum absolute atomic E-state index is 0.0665. The first-order valence-corrected chi connectivity index (χ1v) is 9.01. The standard InChI is InChI=1S/C19H26F2N2O4/c1-13(18(24)23(2)15-7-5-4-6-8-15)27-22-12-14-9-10-16(26-19(20)21)17(11-14)25-3/h9-13,15,19H,4-8H2,1-3H3/b22-12+. The fourth-order valence-electron chi connectivity index (χ4n) is 3.12. The van der Waals surface area contributed by atoms with Gasteiger partial charge in [-0.3, -0.25) is 4.79 Å². The van der Waals surface area contributed by atoms with Gasteiger partial charge in [0.2, 0.25) is 6.10 Å². The Morgan fingerprint density at radius 2 is 1.96 bits per heavy atom. The molecule has 0 aliphatic heterocycles. The highest BCUT2D eigenvalue weighted by Gasteiger charge is 2.26. The average molecular weight is 384 g/mol. The smallest absolute Gasteiger partial charge is 0.387 e. The number of methoxy groups -OCH3 is 1. The van der Waals surface area contributed by atoms with Gasteiger partial charge in [-0.05, 0) is 38.0 Å². The van der Waals surface area contributed by atoms with Crippen molar-refractivity contribution in [3.8, 4) is 11.5 Å². The Labute approximate surface area is 158 Å². The van der Waals surface area contributed by atoms with Gasteiger partial charge in [0.1, 0.15) is 0 Å². The number of halogens is 2. The molecule has 1 saturated carbocycles. The summed E-state index contributed by atoms with van der Waals surface area (Å²) in [5, 5.41) is 3.84. The second-order valence-corrected chi connectivity index (χ2v) is 6.51. The molecule has 1 unspecified atom stereocenters. The number of rotatable bonds is 8. The number of carbonyl (C=O) groups excluding carboxylic acids is 1. The molecule has 27 heavy (non-hydrogen) atoms. The van der Waals surface area contributed by atoms with Crippen LogP contribution in [0.15, 0.2) is 23.4 Å². The Morgan fingerprint density at radius 3 is 2.59 bits per heavy atom. The first-order chi connectivity index (χ1) is 12.9. The Hall–Kier alpha value is -2.38. The van der Waals surface area contributed by atoms with E-state index in [9.17, 15) is 13.6 Å². The molecule has 0 N–H and O–H groups in total. The van der Waals surface area contributed by atoms with Crippen LogP contribution in [0.1, 0.15) is 44.6 Å². The Bertz CT molecular complexity index is 649. The maximum Gasteiger partial charge on any atom is 0.387 e. The molecule has 0 bridgehead atoms. The summed E-state index contributed by atoms with van der Waals surface area (Å²) in [6.45, 7) is -1.28. The molecule has 1 aromatic carbocycles. The third-order valence-electron chi connectivity index (χ3n) is 4.64. The molecule has 1 amide bonds. The fourth-order valence-corrected chi connectivity index (χ4v) is 3.12. The van der Waals surface area contributed by atoms with Crippen molar-refractivity contribution in [3.63, 3.8) is 0 Å². The number of alkyl halides is 2. The van der Waals surface area contributed by atoms with Gasteiger partial charge in [0.25, 0.3) is 5.91 Å². The summed E-state index contributed by atoms with van der Waals surface area (Å²) < 4.78 is 34.1. The van der Waals surface area contributed by atoms with Crippen LogP contribution < -0.4 is 9.47 Å². The number of oxime groups is 1. The van der Waals surface area contributed by atoms with Crippen molar-refractivity contribution >= 4 is 12.1 Å². The number of carbonyl (C=O) groups is 1. The first-order valence-electron chi connectivity index (χ1n) is 9.01. The van der Waals surface area contributed by atoms with Crippen molar-refractivity contribution in [3.05, 3.63) is 23.8 Å². The van der Waals surface area contributed by atoms with E-state index in [1.165, 1.54) is 37.9 Å². The Kier molecular flexibility index (Phi) is 7.82. The van der Waals surface area contributed by atoms with Crippen molar-refractivity contribution in [2.45, 2.75) is 57.8 Å².